The largest absolute Gasteiger partial charge is 0.366 e. The van der Waals surface area contributed by atoms with Crippen molar-refractivity contribution in [2.45, 2.75) is 24.5 Å². The highest BCUT2D eigenvalue weighted by molar-refractivity contribution is 7.98. The van der Waals surface area contributed by atoms with Crippen LogP contribution in [-0.4, -0.2) is 17.7 Å². The molecule has 0 spiro atoms. The molecular weight excluding hydrogens is 410 g/mol. The van der Waals surface area contributed by atoms with Crippen LogP contribution in [0, 0.1) is 13.8 Å². The molecule has 7 heteroatoms. The summed E-state index contributed by atoms with van der Waals surface area (Å²) in [5.41, 5.74) is 15.0. The molecule has 0 fully saturated rings. The molecule has 158 valence electrons. The van der Waals surface area contributed by atoms with E-state index in [9.17, 15) is 14.4 Å². The number of carbonyl (C=O) groups is 3. The number of amides is 3. The molecule has 0 saturated heterocycles. The molecule has 31 heavy (non-hydrogen) atoms. The molecule has 6 nitrogen and oxygen atoms in total. The summed E-state index contributed by atoms with van der Waals surface area (Å²) in [5.74, 6) is -1.09. The lowest BCUT2D eigenvalue weighted by molar-refractivity contribution is 0.0994. The Morgan fingerprint density at radius 2 is 1.52 bits per heavy atom. The molecule has 0 aliphatic rings. The molecule has 0 heterocycles. The van der Waals surface area contributed by atoms with Gasteiger partial charge in [-0.15, -0.1) is 11.8 Å². The van der Waals surface area contributed by atoms with Crippen molar-refractivity contribution in [3.8, 4) is 0 Å². The third-order valence-electron chi connectivity index (χ3n) is 4.67. The molecule has 0 saturated carbocycles. The van der Waals surface area contributed by atoms with Gasteiger partial charge in [0.1, 0.15) is 0 Å². The van der Waals surface area contributed by atoms with Crippen molar-refractivity contribution in [1.82, 2.24) is 0 Å². The highest BCUT2D eigenvalue weighted by atomic mass is 32.2. The lowest BCUT2D eigenvalue weighted by Gasteiger charge is -2.10. The van der Waals surface area contributed by atoms with E-state index in [-0.39, 0.29) is 22.7 Å². The van der Waals surface area contributed by atoms with Gasteiger partial charge in [0.25, 0.3) is 5.91 Å². The first-order valence-electron chi connectivity index (χ1n) is 9.58. The maximum absolute atomic E-state index is 12.7. The Labute approximate surface area is 185 Å². The highest BCUT2D eigenvalue weighted by Crippen LogP contribution is 2.27. The molecule has 5 N–H and O–H groups in total. The Kier molecular flexibility index (Phi) is 6.77. The smallest absolute Gasteiger partial charge is 0.255 e. The van der Waals surface area contributed by atoms with Crippen LogP contribution in [0.3, 0.4) is 0 Å². The van der Waals surface area contributed by atoms with Crippen LogP contribution in [-0.2, 0) is 5.75 Å². The zero-order chi connectivity index (χ0) is 22.5. The third-order valence-corrected chi connectivity index (χ3v) is 5.92. The van der Waals surface area contributed by atoms with Gasteiger partial charge in [-0.25, -0.2) is 0 Å². The maximum Gasteiger partial charge on any atom is 0.255 e. The van der Waals surface area contributed by atoms with E-state index in [4.69, 9.17) is 11.5 Å². The molecule has 0 radical (unpaired) electrons. The maximum atomic E-state index is 12.7. The van der Waals surface area contributed by atoms with Gasteiger partial charge in [0.15, 0.2) is 0 Å². The van der Waals surface area contributed by atoms with Crippen molar-refractivity contribution in [2.24, 2.45) is 11.5 Å². The molecular formula is C24H23N3O3S. The number of primary amides is 2. The summed E-state index contributed by atoms with van der Waals surface area (Å²) < 4.78 is 0. The first-order chi connectivity index (χ1) is 14.7. The van der Waals surface area contributed by atoms with Crippen LogP contribution in [0.2, 0.25) is 0 Å². The molecule has 0 aliphatic heterocycles. The van der Waals surface area contributed by atoms with E-state index in [0.29, 0.717) is 11.3 Å². The van der Waals surface area contributed by atoms with Crippen LogP contribution in [0.4, 0.5) is 5.69 Å². The molecule has 0 aromatic heterocycles. The second-order valence-electron chi connectivity index (χ2n) is 7.24. The molecule has 3 rings (SSSR count). The second kappa shape index (κ2) is 9.49. The van der Waals surface area contributed by atoms with Gasteiger partial charge in [0, 0.05) is 33.0 Å². The Balaban J connectivity index is 1.76. The first-order valence-corrected chi connectivity index (χ1v) is 10.6. The average Bonchev–Trinajstić information content (AvgIpc) is 2.73. The number of nitrogens with one attached hydrogen (secondary N) is 1. The highest BCUT2D eigenvalue weighted by Gasteiger charge is 2.13. The van der Waals surface area contributed by atoms with Crippen molar-refractivity contribution < 1.29 is 14.4 Å². The van der Waals surface area contributed by atoms with Crippen molar-refractivity contribution in [2.75, 3.05) is 5.32 Å². The van der Waals surface area contributed by atoms with Crippen LogP contribution in [0.25, 0.3) is 0 Å². The van der Waals surface area contributed by atoms with E-state index in [1.54, 1.807) is 17.8 Å². The van der Waals surface area contributed by atoms with Gasteiger partial charge in [-0.3, -0.25) is 14.4 Å². The van der Waals surface area contributed by atoms with Crippen molar-refractivity contribution >= 4 is 35.2 Å². The number of aryl methyl sites for hydroxylation is 2. The third kappa shape index (κ3) is 5.73. The predicted octanol–water partition coefficient (Wildman–Crippen LogP) is 4.05. The van der Waals surface area contributed by atoms with Crippen molar-refractivity contribution in [3.63, 3.8) is 0 Å². The lowest BCUT2D eigenvalue weighted by Crippen LogP contribution is -2.18. The fourth-order valence-corrected chi connectivity index (χ4v) is 4.06. The molecule has 3 aromatic carbocycles. The van der Waals surface area contributed by atoms with Crippen LogP contribution >= 0.6 is 11.8 Å². The number of benzene rings is 3. The lowest BCUT2D eigenvalue weighted by atomic mass is 10.1. The molecule has 3 amide bonds. The van der Waals surface area contributed by atoms with Gasteiger partial charge in [-0.2, -0.15) is 0 Å². The quantitative estimate of drug-likeness (QED) is 0.488. The predicted molar refractivity (Wildman–Crippen MR) is 123 cm³/mol. The topological polar surface area (TPSA) is 115 Å². The summed E-state index contributed by atoms with van der Waals surface area (Å²) in [6, 6.07) is 17.8. The number of hydrogen-bond donors (Lipinski definition) is 3. The van der Waals surface area contributed by atoms with Gasteiger partial charge in [-0.1, -0.05) is 29.8 Å². The van der Waals surface area contributed by atoms with Gasteiger partial charge in [-0.05, 0) is 61.4 Å². The fraction of sp³-hybridized carbons (Fsp3) is 0.125. The molecule has 0 aliphatic carbocycles. The Morgan fingerprint density at radius 1 is 0.839 bits per heavy atom. The molecule has 0 unspecified atom stereocenters. The van der Waals surface area contributed by atoms with E-state index in [0.717, 1.165) is 5.56 Å². The van der Waals surface area contributed by atoms with Crippen LogP contribution < -0.4 is 16.8 Å². The summed E-state index contributed by atoms with van der Waals surface area (Å²) in [6.07, 6.45) is 0. The number of nitrogens with two attached hydrogens (primary N) is 2. The monoisotopic (exact) mass is 433 g/mol. The fourth-order valence-electron chi connectivity index (χ4n) is 3.11. The Bertz CT molecular complexity index is 1140. The van der Waals surface area contributed by atoms with Crippen LogP contribution in [0.5, 0.6) is 0 Å². The number of thioether (sulfide) groups is 1. The molecule has 3 aromatic rings. The standard InChI is InChI=1S/C24H23N3O3S/c1-14-6-7-21(15(2)8-14)31-13-16-4-3-5-17(9-16)24(30)27-20-11-18(22(25)28)10-19(12-20)23(26)29/h3-12H,13H2,1-2H3,(H2,25,28)(H2,26,29)(H,27,30). The Hall–Kier alpha value is -3.58. The van der Waals surface area contributed by atoms with Gasteiger partial charge < -0.3 is 16.8 Å². The van der Waals surface area contributed by atoms with E-state index in [1.165, 1.54) is 34.2 Å². The number of anilines is 1. The normalized spacial score (nSPS) is 10.5. The first kappa shape index (κ1) is 22.1. The minimum Gasteiger partial charge on any atom is -0.366 e. The van der Waals surface area contributed by atoms with Crippen molar-refractivity contribution in [1.29, 1.82) is 0 Å². The van der Waals surface area contributed by atoms with Gasteiger partial charge in [0.2, 0.25) is 11.8 Å². The van der Waals surface area contributed by atoms with Crippen molar-refractivity contribution in [3.05, 3.63) is 94.0 Å². The van der Waals surface area contributed by atoms with Crippen LogP contribution in [0.15, 0.2) is 65.6 Å². The zero-order valence-electron chi connectivity index (χ0n) is 17.3. The number of hydrogen-bond acceptors (Lipinski definition) is 4. The van der Waals surface area contributed by atoms with E-state index < -0.39 is 11.8 Å². The summed E-state index contributed by atoms with van der Waals surface area (Å²) in [5, 5.41) is 2.70. The minimum absolute atomic E-state index is 0.0882. The molecule has 0 atom stereocenters. The van der Waals surface area contributed by atoms with Gasteiger partial charge >= 0.3 is 0 Å². The summed E-state index contributed by atoms with van der Waals surface area (Å²) >= 11 is 1.71. The van der Waals surface area contributed by atoms with E-state index >= 15 is 0 Å². The molecule has 0 bridgehead atoms. The SMILES string of the molecule is Cc1ccc(SCc2cccc(C(=O)Nc3cc(C(N)=O)cc(C(N)=O)c3)c2)c(C)c1. The second-order valence-corrected chi connectivity index (χ2v) is 8.26. The van der Waals surface area contributed by atoms with Gasteiger partial charge in [0.05, 0.1) is 0 Å². The van der Waals surface area contributed by atoms with E-state index in [2.05, 4.69) is 37.4 Å². The van der Waals surface area contributed by atoms with E-state index in [1.807, 2.05) is 18.2 Å². The minimum atomic E-state index is -0.718. The Morgan fingerprint density at radius 3 is 2.13 bits per heavy atom. The number of rotatable bonds is 7. The van der Waals surface area contributed by atoms with Crippen LogP contribution in [0.1, 0.15) is 47.8 Å². The number of carbonyl (C=O) groups excluding carboxylic acids is 3. The summed E-state index contributed by atoms with van der Waals surface area (Å²) in [7, 11) is 0. The summed E-state index contributed by atoms with van der Waals surface area (Å²) in [6.45, 7) is 4.15. The summed E-state index contributed by atoms with van der Waals surface area (Å²) in [4.78, 5) is 37.0. The average molecular weight is 434 g/mol. The zero-order valence-corrected chi connectivity index (χ0v) is 18.1.